The number of hydrogen-bond donors (Lipinski definition) is 0. The largest absolute Gasteiger partial charge is 1.00 e. The molecule has 1 fully saturated rings. The Labute approximate surface area is 110 Å². The number of carbonyl (C=O) groups excluding carboxylic acids is 1. The van der Waals surface area contributed by atoms with Gasteiger partial charge in [0, 0.05) is 5.97 Å². The van der Waals surface area contributed by atoms with E-state index < -0.39 is 5.97 Å². The first-order chi connectivity index (χ1) is 4.70. The molecule has 0 aliphatic heterocycles. The minimum atomic E-state index is -0.855. The first-order valence-corrected chi connectivity index (χ1v) is 3.91. The van der Waals surface area contributed by atoms with Crippen molar-refractivity contribution in [1.29, 1.82) is 0 Å². The summed E-state index contributed by atoms with van der Waals surface area (Å²) in [4.78, 5) is 10.3. The van der Waals surface area contributed by atoms with E-state index in [1.165, 1.54) is 0 Å². The molecule has 0 atom stereocenters. The molecule has 11 heavy (non-hydrogen) atoms. The number of carbonyl (C=O) groups is 1. The van der Waals surface area contributed by atoms with E-state index >= 15 is 0 Å². The van der Waals surface area contributed by atoms with Gasteiger partial charge in [0.15, 0.2) is 0 Å². The SMILES string of the molecule is CC1CCC(C(=O)[O-])CC1.[K+]. The van der Waals surface area contributed by atoms with Crippen molar-refractivity contribution in [2.45, 2.75) is 32.6 Å². The van der Waals surface area contributed by atoms with Crippen molar-refractivity contribution in [1.82, 2.24) is 0 Å². The Morgan fingerprint density at radius 1 is 1.27 bits per heavy atom. The van der Waals surface area contributed by atoms with Crippen LogP contribution in [0.3, 0.4) is 0 Å². The van der Waals surface area contributed by atoms with Gasteiger partial charge in [-0.1, -0.05) is 19.8 Å². The number of carboxylic acid groups (broad SMARTS) is 1. The van der Waals surface area contributed by atoms with Gasteiger partial charge in [0.1, 0.15) is 0 Å². The van der Waals surface area contributed by atoms with Gasteiger partial charge in [-0.3, -0.25) is 0 Å². The average Bonchev–Trinajstić information content (AvgIpc) is 1.88. The number of hydrogen-bond acceptors (Lipinski definition) is 2. The van der Waals surface area contributed by atoms with Crippen LogP contribution in [0.1, 0.15) is 32.6 Å². The number of rotatable bonds is 1. The maximum absolute atomic E-state index is 10.3. The second-order valence-electron chi connectivity index (χ2n) is 3.28. The van der Waals surface area contributed by atoms with Crippen molar-refractivity contribution in [3.63, 3.8) is 0 Å². The standard InChI is InChI=1S/C8H14O2.K/c1-6-2-4-7(5-3-6)8(9)10;/h6-7H,2-5H2,1H3,(H,9,10);/q;+1/p-1. The summed E-state index contributed by atoms with van der Waals surface area (Å²) in [6.07, 6.45) is 3.75. The van der Waals surface area contributed by atoms with Gasteiger partial charge >= 0.3 is 51.4 Å². The predicted molar refractivity (Wildman–Crippen MR) is 36.1 cm³/mol. The normalized spacial score (nSPS) is 30.6. The molecule has 2 nitrogen and oxygen atoms in total. The van der Waals surface area contributed by atoms with E-state index in [1.807, 2.05) is 0 Å². The van der Waals surface area contributed by atoms with E-state index in [9.17, 15) is 9.90 Å². The maximum atomic E-state index is 10.3. The molecule has 0 spiro atoms. The molecule has 0 aromatic rings. The Balaban J connectivity index is 0.000001000. The van der Waals surface area contributed by atoms with Crippen LogP contribution in [0, 0.1) is 11.8 Å². The zero-order valence-electron chi connectivity index (χ0n) is 7.30. The molecule has 0 bridgehead atoms. The molecule has 0 saturated heterocycles. The molecule has 3 heteroatoms. The van der Waals surface area contributed by atoms with Crippen LogP contribution in [0.5, 0.6) is 0 Å². The van der Waals surface area contributed by atoms with Gasteiger partial charge in [-0.25, -0.2) is 0 Å². The van der Waals surface area contributed by atoms with Gasteiger partial charge < -0.3 is 9.90 Å². The van der Waals surface area contributed by atoms with Gasteiger partial charge in [0.2, 0.25) is 0 Å². The summed E-state index contributed by atoms with van der Waals surface area (Å²) in [6, 6.07) is 0. The molecule has 0 heterocycles. The first-order valence-electron chi connectivity index (χ1n) is 3.91. The summed E-state index contributed by atoms with van der Waals surface area (Å²) < 4.78 is 0. The van der Waals surface area contributed by atoms with Gasteiger partial charge in [-0.2, -0.15) is 0 Å². The molecule has 58 valence electrons. The molecule has 0 radical (unpaired) electrons. The summed E-state index contributed by atoms with van der Waals surface area (Å²) in [7, 11) is 0. The van der Waals surface area contributed by atoms with Gasteiger partial charge in [0.25, 0.3) is 0 Å². The molecule has 0 aromatic carbocycles. The summed E-state index contributed by atoms with van der Waals surface area (Å²) in [5.41, 5.74) is 0. The number of aliphatic carboxylic acids is 1. The topological polar surface area (TPSA) is 40.1 Å². The Morgan fingerprint density at radius 3 is 2.09 bits per heavy atom. The van der Waals surface area contributed by atoms with Crippen LogP contribution in [0.2, 0.25) is 0 Å². The van der Waals surface area contributed by atoms with E-state index in [0.29, 0.717) is 0 Å². The summed E-state index contributed by atoms with van der Waals surface area (Å²) in [5.74, 6) is -0.293. The molecule has 1 aliphatic rings. The van der Waals surface area contributed by atoms with Crippen LogP contribution >= 0.6 is 0 Å². The van der Waals surface area contributed by atoms with Crippen LogP contribution in [0.4, 0.5) is 0 Å². The minimum absolute atomic E-state index is 0. The Morgan fingerprint density at radius 2 is 1.73 bits per heavy atom. The Hall–Kier alpha value is 1.11. The van der Waals surface area contributed by atoms with E-state index in [1.54, 1.807) is 0 Å². The fourth-order valence-corrected chi connectivity index (χ4v) is 1.50. The predicted octanol–water partition coefficient (Wildman–Crippen LogP) is -2.43. The van der Waals surface area contributed by atoms with Crippen molar-refractivity contribution in [3.05, 3.63) is 0 Å². The Bertz CT molecular complexity index is 128. The van der Waals surface area contributed by atoms with Crippen molar-refractivity contribution in [2.75, 3.05) is 0 Å². The zero-order chi connectivity index (χ0) is 7.56. The molecule has 0 aromatic heterocycles. The third-order valence-electron chi connectivity index (χ3n) is 2.35. The van der Waals surface area contributed by atoms with Crippen LogP contribution < -0.4 is 56.5 Å². The molecule has 0 N–H and O–H groups in total. The second kappa shape index (κ2) is 5.70. The summed E-state index contributed by atoms with van der Waals surface area (Å²) in [5, 5.41) is 10.3. The zero-order valence-corrected chi connectivity index (χ0v) is 10.4. The smallest absolute Gasteiger partial charge is 0.550 e. The van der Waals surface area contributed by atoms with E-state index in [2.05, 4.69) is 6.92 Å². The summed E-state index contributed by atoms with van der Waals surface area (Å²) in [6.45, 7) is 2.17. The van der Waals surface area contributed by atoms with Crippen molar-refractivity contribution in [2.24, 2.45) is 11.8 Å². The van der Waals surface area contributed by atoms with Crippen molar-refractivity contribution in [3.8, 4) is 0 Å². The molecule has 1 aliphatic carbocycles. The molecule has 0 amide bonds. The third-order valence-corrected chi connectivity index (χ3v) is 2.35. The third kappa shape index (κ3) is 4.04. The van der Waals surface area contributed by atoms with Gasteiger partial charge in [-0.15, -0.1) is 0 Å². The molecule has 0 unspecified atom stereocenters. The maximum Gasteiger partial charge on any atom is 1.00 e. The first kappa shape index (κ1) is 12.1. The van der Waals surface area contributed by atoms with E-state index in [0.717, 1.165) is 31.6 Å². The molecular formula is C8H13KO2. The van der Waals surface area contributed by atoms with Crippen LogP contribution in [-0.2, 0) is 4.79 Å². The average molecular weight is 180 g/mol. The Kier molecular flexibility index (Phi) is 6.27. The second-order valence-corrected chi connectivity index (χ2v) is 3.28. The number of carboxylic acids is 1. The van der Waals surface area contributed by atoms with Crippen molar-refractivity contribution >= 4 is 5.97 Å². The van der Waals surface area contributed by atoms with Gasteiger partial charge in [0.05, 0.1) is 0 Å². The van der Waals surface area contributed by atoms with Crippen LogP contribution in [0.25, 0.3) is 0 Å². The van der Waals surface area contributed by atoms with Crippen molar-refractivity contribution < 1.29 is 61.3 Å². The molecule has 1 saturated carbocycles. The molecular weight excluding hydrogens is 167 g/mol. The minimum Gasteiger partial charge on any atom is -0.550 e. The quantitative estimate of drug-likeness (QED) is 0.421. The fraction of sp³-hybridized carbons (Fsp3) is 0.875. The molecule has 1 rings (SSSR count). The van der Waals surface area contributed by atoms with Gasteiger partial charge in [-0.05, 0) is 24.7 Å². The van der Waals surface area contributed by atoms with Crippen LogP contribution in [-0.4, -0.2) is 5.97 Å². The van der Waals surface area contributed by atoms with Crippen LogP contribution in [0.15, 0.2) is 0 Å². The summed E-state index contributed by atoms with van der Waals surface area (Å²) >= 11 is 0. The van der Waals surface area contributed by atoms with E-state index in [-0.39, 0.29) is 57.3 Å². The fourth-order valence-electron chi connectivity index (χ4n) is 1.50. The van der Waals surface area contributed by atoms with E-state index in [4.69, 9.17) is 0 Å². The monoisotopic (exact) mass is 180 g/mol.